The fourth-order valence-corrected chi connectivity index (χ4v) is 6.89. The minimum atomic E-state index is -4.18. The quantitative estimate of drug-likeness (QED) is 0.267. The molecule has 1 atom stereocenters. The third-order valence-electron chi connectivity index (χ3n) is 7.88. The first kappa shape index (κ1) is 32.1. The highest BCUT2D eigenvalue weighted by molar-refractivity contribution is 7.92. The van der Waals surface area contributed by atoms with Gasteiger partial charge in [-0.15, -0.1) is 0 Å². The van der Waals surface area contributed by atoms with Crippen LogP contribution in [0.25, 0.3) is 0 Å². The van der Waals surface area contributed by atoms with Crippen molar-refractivity contribution in [1.82, 2.24) is 10.2 Å². The first-order valence-corrected chi connectivity index (χ1v) is 16.5. The summed E-state index contributed by atoms with van der Waals surface area (Å²) in [7, 11) is -4.18. The van der Waals surface area contributed by atoms with E-state index in [0.29, 0.717) is 18.8 Å². The molecule has 1 aliphatic rings. The van der Waals surface area contributed by atoms with E-state index in [1.807, 2.05) is 52.0 Å². The Morgan fingerprint density at radius 3 is 2.12 bits per heavy atom. The summed E-state index contributed by atoms with van der Waals surface area (Å²) in [5.41, 5.74) is 3.11. The number of ether oxygens (including phenoxy) is 1. The van der Waals surface area contributed by atoms with Gasteiger partial charge in [-0.1, -0.05) is 79.4 Å². The van der Waals surface area contributed by atoms with Crippen LogP contribution in [-0.4, -0.2) is 50.4 Å². The van der Waals surface area contributed by atoms with Gasteiger partial charge in [-0.25, -0.2) is 8.42 Å². The van der Waals surface area contributed by atoms with Gasteiger partial charge in [-0.3, -0.25) is 13.9 Å². The van der Waals surface area contributed by atoms with E-state index in [0.717, 1.165) is 46.7 Å². The van der Waals surface area contributed by atoms with E-state index in [1.165, 1.54) is 4.90 Å². The van der Waals surface area contributed by atoms with Gasteiger partial charge in [0.15, 0.2) is 0 Å². The summed E-state index contributed by atoms with van der Waals surface area (Å²) in [6.07, 6.45) is 4.36. The molecule has 0 bridgehead atoms. The number of nitrogens with zero attached hydrogens (tertiary/aromatic N) is 2. The van der Waals surface area contributed by atoms with Crippen LogP contribution in [-0.2, 0) is 26.2 Å². The molecular weight excluding hydrogens is 562 g/mol. The highest BCUT2D eigenvalue weighted by atomic mass is 32.2. The Kier molecular flexibility index (Phi) is 10.9. The molecule has 3 aromatic rings. The van der Waals surface area contributed by atoms with Gasteiger partial charge in [-0.2, -0.15) is 0 Å². The van der Waals surface area contributed by atoms with Crippen molar-refractivity contribution in [3.05, 3.63) is 89.5 Å². The lowest BCUT2D eigenvalue weighted by atomic mass is 10.1. The molecule has 0 saturated heterocycles. The summed E-state index contributed by atoms with van der Waals surface area (Å²) in [5.74, 6) is -0.335. The summed E-state index contributed by atoms with van der Waals surface area (Å²) < 4.78 is 35.3. The molecular formula is C34H43N3O5S. The monoisotopic (exact) mass is 605 g/mol. The topological polar surface area (TPSA) is 96.0 Å². The molecule has 0 aromatic heterocycles. The van der Waals surface area contributed by atoms with E-state index in [2.05, 4.69) is 5.32 Å². The first-order valence-electron chi connectivity index (χ1n) is 15.1. The summed E-state index contributed by atoms with van der Waals surface area (Å²) in [6, 6.07) is 20.5. The fraction of sp³-hybridized carbons (Fsp3) is 0.412. The number of aryl methyl sites for hydroxylation is 2. The molecule has 1 fully saturated rings. The molecule has 0 radical (unpaired) electrons. The summed E-state index contributed by atoms with van der Waals surface area (Å²) >= 11 is 0. The normalized spacial score (nSPS) is 14.2. The molecule has 3 aromatic carbocycles. The Labute approximate surface area is 256 Å². The summed E-state index contributed by atoms with van der Waals surface area (Å²) in [5, 5.41) is 3.15. The Morgan fingerprint density at radius 2 is 1.51 bits per heavy atom. The molecule has 9 heteroatoms. The van der Waals surface area contributed by atoms with Gasteiger partial charge in [0.05, 0.1) is 17.2 Å². The fourth-order valence-electron chi connectivity index (χ4n) is 5.47. The molecule has 43 heavy (non-hydrogen) atoms. The van der Waals surface area contributed by atoms with Gasteiger partial charge in [0.1, 0.15) is 18.3 Å². The number of anilines is 1. The van der Waals surface area contributed by atoms with Crippen LogP contribution in [0.3, 0.4) is 0 Å². The van der Waals surface area contributed by atoms with Gasteiger partial charge in [0.25, 0.3) is 10.0 Å². The molecule has 1 aliphatic carbocycles. The van der Waals surface area contributed by atoms with Crippen molar-refractivity contribution in [2.75, 3.05) is 17.5 Å². The maximum atomic E-state index is 14.3. The summed E-state index contributed by atoms with van der Waals surface area (Å²) in [4.78, 5) is 29.5. The van der Waals surface area contributed by atoms with Crippen molar-refractivity contribution in [3.63, 3.8) is 0 Å². The average Bonchev–Trinajstić information content (AvgIpc) is 3.50. The molecule has 1 unspecified atom stereocenters. The lowest BCUT2D eigenvalue weighted by Crippen LogP contribution is -2.53. The van der Waals surface area contributed by atoms with E-state index >= 15 is 0 Å². The second kappa shape index (κ2) is 14.6. The Balaban J connectivity index is 1.75. The Bertz CT molecular complexity index is 1480. The van der Waals surface area contributed by atoms with Gasteiger partial charge in [0, 0.05) is 12.6 Å². The van der Waals surface area contributed by atoms with Gasteiger partial charge in [-0.05, 0) is 69.9 Å². The van der Waals surface area contributed by atoms with Crippen LogP contribution in [0.15, 0.2) is 77.7 Å². The van der Waals surface area contributed by atoms with Gasteiger partial charge >= 0.3 is 0 Å². The SMILES string of the molecule is CCOc1ccccc1N(CC(=O)N(Cc1ccc(C)cc1)C(CC)C(=O)NC1CCCC1)S(=O)(=O)c1ccc(C)cc1. The zero-order chi connectivity index (χ0) is 31.0. The van der Waals surface area contributed by atoms with Crippen molar-refractivity contribution >= 4 is 27.5 Å². The van der Waals surface area contributed by atoms with Crippen molar-refractivity contribution in [1.29, 1.82) is 0 Å². The molecule has 0 heterocycles. The third kappa shape index (κ3) is 7.96. The van der Waals surface area contributed by atoms with E-state index < -0.39 is 28.5 Å². The number of amides is 2. The van der Waals surface area contributed by atoms with Crippen LogP contribution in [0, 0.1) is 13.8 Å². The van der Waals surface area contributed by atoms with Crippen LogP contribution in [0.1, 0.15) is 62.6 Å². The van der Waals surface area contributed by atoms with Gasteiger partial charge in [0.2, 0.25) is 11.8 Å². The molecule has 230 valence electrons. The van der Waals surface area contributed by atoms with Crippen LogP contribution < -0.4 is 14.4 Å². The lowest BCUT2D eigenvalue weighted by Gasteiger charge is -2.34. The van der Waals surface area contributed by atoms with Crippen molar-refractivity contribution in [2.24, 2.45) is 0 Å². The van der Waals surface area contributed by atoms with Crippen LogP contribution in [0.2, 0.25) is 0 Å². The molecule has 8 nitrogen and oxygen atoms in total. The minimum absolute atomic E-state index is 0.0632. The van der Waals surface area contributed by atoms with Gasteiger partial charge < -0.3 is 15.0 Å². The minimum Gasteiger partial charge on any atom is -0.492 e. The number of hydrogen-bond acceptors (Lipinski definition) is 5. The number of sulfonamides is 1. The number of benzene rings is 3. The largest absolute Gasteiger partial charge is 0.492 e. The highest BCUT2D eigenvalue weighted by Crippen LogP contribution is 2.33. The highest BCUT2D eigenvalue weighted by Gasteiger charge is 2.35. The van der Waals surface area contributed by atoms with E-state index in [-0.39, 0.29) is 29.1 Å². The second-order valence-corrected chi connectivity index (χ2v) is 13.0. The lowest BCUT2D eigenvalue weighted by molar-refractivity contribution is -0.140. The Hall–Kier alpha value is -3.85. The standard InChI is InChI=1S/C34H43N3O5S/c1-5-30(34(39)35-28-11-7-8-12-28)36(23-27-19-15-25(3)16-20-27)33(38)24-37(31-13-9-10-14-32(31)42-6-2)43(40,41)29-21-17-26(4)18-22-29/h9-10,13-22,28,30H,5-8,11-12,23-24H2,1-4H3,(H,35,39). The first-order chi connectivity index (χ1) is 20.6. The summed E-state index contributed by atoms with van der Waals surface area (Å²) in [6.45, 7) is 7.55. The van der Waals surface area contributed by atoms with Crippen LogP contribution in [0.4, 0.5) is 5.69 Å². The van der Waals surface area contributed by atoms with E-state index in [4.69, 9.17) is 4.74 Å². The Morgan fingerprint density at radius 1 is 0.907 bits per heavy atom. The zero-order valence-corrected chi connectivity index (χ0v) is 26.4. The predicted molar refractivity (Wildman–Crippen MR) is 170 cm³/mol. The smallest absolute Gasteiger partial charge is 0.264 e. The van der Waals surface area contributed by atoms with Crippen LogP contribution >= 0.6 is 0 Å². The van der Waals surface area contributed by atoms with Crippen molar-refractivity contribution < 1.29 is 22.7 Å². The molecule has 0 aliphatic heterocycles. The molecule has 1 saturated carbocycles. The molecule has 4 rings (SSSR count). The predicted octanol–water partition coefficient (Wildman–Crippen LogP) is 5.76. The molecule has 0 spiro atoms. The number of rotatable bonds is 13. The van der Waals surface area contributed by atoms with Crippen LogP contribution in [0.5, 0.6) is 5.75 Å². The average molecular weight is 606 g/mol. The maximum absolute atomic E-state index is 14.3. The van der Waals surface area contributed by atoms with Crippen molar-refractivity contribution in [2.45, 2.75) is 83.3 Å². The second-order valence-electron chi connectivity index (χ2n) is 11.1. The van der Waals surface area contributed by atoms with Crippen molar-refractivity contribution in [3.8, 4) is 5.75 Å². The zero-order valence-electron chi connectivity index (χ0n) is 25.6. The maximum Gasteiger partial charge on any atom is 0.264 e. The molecule has 1 N–H and O–H groups in total. The molecule has 2 amide bonds. The third-order valence-corrected chi connectivity index (χ3v) is 9.66. The number of para-hydroxylation sites is 2. The van der Waals surface area contributed by atoms with E-state index in [1.54, 1.807) is 48.5 Å². The number of carbonyl (C=O) groups excluding carboxylic acids is 2. The number of carbonyl (C=O) groups is 2. The number of nitrogens with one attached hydrogen (secondary N) is 1. The van der Waals surface area contributed by atoms with E-state index in [9.17, 15) is 18.0 Å². The number of hydrogen-bond donors (Lipinski definition) is 1.